The second-order valence-corrected chi connectivity index (χ2v) is 20.2. The third kappa shape index (κ3) is 6.93. The summed E-state index contributed by atoms with van der Waals surface area (Å²) in [6.45, 7) is 8.85. The van der Waals surface area contributed by atoms with E-state index in [0.29, 0.717) is 39.7 Å². The summed E-state index contributed by atoms with van der Waals surface area (Å²) in [6, 6.07) is 23.7. The van der Waals surface area contributed by atoms with E-state index in [9.17, 15) is 14.4 Å². The highest BCUT2D eigenvalue weighted by Crippen LogP contribution is 2.38. The Bertz CT molecular complexity index is 2420. The number of carbonyl (C=O) groups excluding carboxylic acids is 1. The minimum absolute atomic E-state index is 0.0736. The van der Waals surface area contributed by atoms with Crippen LogP contribution in [0, 0.1) is 12.7 Å². The number of likely N-dealkylation sites (N-methyl/N-ethyl adjacent to an activating group) is 1. The van der Waals surface area contributed by atoms with Crippen molar-refractivity contribution in [3.05, 3.63) is 129 Å². The van der Waals surface area contributed by atoms with Gasteiger partial charge in [0.25, 0.3) is 13.9 Å². The molecule has 2 atom stereocenters. The van der Waals surface area contributed by atoms with Gasteiger partial charge in [0.05, 0.1) is 44.6 Å². The molecule has 56 heavy (non-hydrogen) atoms. The van der Waals surface area contributed by atoms with Gasteiger partial charge in [-0.2, -0.15) is 10.2 Å². The zero-order chi connectivity index (χ0) is 39.8. The van der Waals surface area contributed by atoms with Gasteiger partial charge in [0.1, 0.15) is 33.5 Å². The molecule has 1 amide bonds. The number of ether oxygens (including phenoxy) is 2. The second kappa shape index (κ2) is 15.7. The molecular weight excluding hydrogens is 752 g/mol. The second-order valence-electron chi connectivity index (χ2n) is 14.9. The Labute approximate surface area is 328 Å². The molecule has 4 heterocycles. The lowest BCUT2D eigenvalue weighted by Gasteiger charge is -2.43. The topological polar surface area (TPSA) is 123 Å². The molecule has 0 bridgehead atoms. The lowest BCUT2D eigenvalue weighted by molar-refractivity contribution is -0.129. The lowest BCUT2D eigenvalue weighted by atomic mass is 10.1. The molecule has 15 heteroatoms. The zero-order valence-electron chi connectivity index (χ0n) is 32.3. The molecule has 292 valence electrons. The SMILES string of the molecule is COc1ccc(F)cc1[C@H](Cn1c(=O)n([C@H]2CCN(C)C2=O)c(=O)c2c(C)c(-n3nccn3)sc21)OCCO[Si](c1ccccc1)(c1ccccc1)C(C)(C)C. The molecular formula is C41H45FN6O6SSi. The fraction of sp³-hybridized carbons (Fsp3) is 0.341. The van der Waals surface area contributed by atoms with E-state index in [1.54, 1.807) is 14.0 Å². The lowest BCUT2D eigenvalue weighted by Crippen LogP contribution is -2.66. The van der Waals surface area contributed by atoms with Crippen molar-refractivity contribution in [1.29, 1.82) is 0 Å². The van der Waals surface area contributed by atoms with Crippen LogP contribution in [0.3, 0.4) is 0 Å². The van der Waals surface area contributed by atoms with Gasteiger partial charge in [-0.3, -0.25) is 14.2 Å². The Morgan fingerprint density at radius 3 is 2.16 bits per heavy atom. The Morgan fingerprint density at radius 2 is 1.59 bits per heavy atom. The minimum Gasteiger partial charge on any atom is -0.496 e. The third-order valence-electron chi connectivity index (χ3n) is 10.6. The molecule has 3 aromatic heterocycles. The number of fused-ring (bicyclic) bond motifs is 1. The van der Waals surface area contributed by atoms with Gasteiger partial charge in [0.2, 0.25) is 5.91 Å². The van der Waals surface area contributed by atoms with Crippen molar-refractivity contribution in [3.8, 4) is 10.8 Å². The molecule has 0 N–H and O–H groups in total. The van der Waals surface area contributed by atoms with E-state index >= 15 is 4.39 Å². The molecule has 6 aromatic rings. The van der Waals surface area contributed by atoms with Gasteiger partial charge in [-0.25, -0.2) is 13.8 Å². The van der Waals surface area contributed by atoms with Crippen molar-refractivity contribution < 1.29 is 23.1 Å². The van der Waals surface area contributed by atoms with Crippen molar-refractivity contribution in [3.63, 3.8) is 0 Å². The van der Waals surface area contributed by atoms with Gasteiger partial charge in [-0.15, -0.1) is 4.80 Å². The molecule has 1 aliphatic rings. The number of aromatic nitrogens is 5. The number of halogens is 1. The number of carbonyl (C=O) groups is 1. The molecule has 0 radical (unpaired) electrons. The summed E-state index contributed by atoms with van der Waals surface area (Å²) >= 11 is 1.18. The van der Waals surface area contributed by atoms with E-state index in [-0.39, 0.29) is 36.1 Å². The van der Waals surface area contributed by atoms with Crippen LogP contribution in [0.5, 0.6) is 5.75 Å². The fourth-order valence-corrected chi connectivity index (χ4v) is 13.6. The molecule has 0 saturated carbocycles. The summed E-state index contributed by atoms with van der Waals surface area (Å²) in [7, 11) is 0.210. The number of aryl methyl sites for hydroxylation is 1. The van der Waals surface area contributed by atoms with Gasteiger partial charge in [0, 0.05) is 24.7 Å². The smallest absolute Gasteiger partial charge is 0.332 e. The van der Waals surface area contributed by atoms with Crippen LogP contribution in [0.25, 0.3) is 15.2 Å². The highest BCUT2D eigenvalue weighted by atomic mass is 32.1. The molecule has 0 aliphatic carbocycles. The Morgan fingerprint density at radius 1 is 0.946 bits per heavy atom. The molecule has 12 nitrogen and oxygen atoms in total. The fourth-order valence-electron chi connectivity index (χ4n) is 7.85. The van der Waals surface area contributed by atoms with Crippen LogP contribution in [0.2, 0.25) is 5.04 Å². The Hall–Kier alpha value is -5.22. The number of hydrogen-bond acceptors (Lipinski definition) is 9. The number of rotatable bonds is 13. The van der Waals surface area contributed by atoms with Gasteiger partial charge in [-0.1, -0.05) is 92.8 Å². The number of amides is 1. The van der Waals surface area contributed by atoms with Crippen molar-refractivity contribution in [2.45, 2.75) is 57.8 Å². The summed E-state index contributed by atoms with van der Waals surface area (Å²) in [6.07, 6.45) is 2.39. The van der Waals surface area contributed by atoms with Crippen molar-refractivity contribution >= 4 is 46.2 Å². The van der Waals surface area contributed by atoms with Crippen molar-refractivity contribution in [2.24, 2.45) is 0 Å². The molecule has 3 aromatic carbocycles. The number of thiophene rings is 1. The Balaban J connectivity index is 1.32. The summed E-state index contributed by atoms with van der Waals surface area (Å²) in [5.74, 6) is -0.477. The standard InChI is InChI=1S/C41H45FN6O6SSi/c1-27-35-37(50)47(32-19-22-45(5)36(32)49)40(51)46(39(35)55-38(27)48-43-20-21-44-48)26-34(31-25-28(42)17-18-33(31)52-6)53-23-24-54-56(41(2,3)4,29-13-9-7-10-14-29)30-15-11-8-12-16-30/h7-18,20-21,25,32,34H,19,22-24,26H2,1-6H3/t32-,34-/m0/s1. The normalized spacial score (nSPS) is 15.5. The number of likely N-dealkylation sites (tertiary alicyclic amines) is 1. The maximum absolute atomic E-state index is 15.1. The van der Waals surface area contributed by atoms with Crippen LogP contribution in [-0.2, 0) is 20.5 Å². The van der Waals surface area contributed by atoms with Gasteiger partial charge in [-0.05, 0) is 47.0 Å². The Kier molecular flexibility index (Phi) is 11.0. The first-order chi connectivity index (χ1) is 26.9. The average molecular weight is 797 g/mol. The van der Waals surface area contributed by atoms with Gasteiger partial charge < -0.3 is 18.8 Å². The predicted molar refractivity (Wildman–Crippen MR) is 217 cm³/mol. The first kappa shape index (κ1) is 39.0. The molecule has 0 unspecified atom stereocenters. The van der Waals surface area contributed by atoms with Crippen LogP contribution in [0.15, 0.2) is 101 Å². The number of nitrogens with zero attached hydrogens (tertiary/aromatic N) is 6. The van der Waals surface area contributed by atoms with Gasteiger partial charge >= 0.3 is 5.69 Å². The monoisotopic (exact) mass is 796 g/mol. The molecule has 1 saturated heterocycles. The highest BCUT2D eigenvalue weighted by Gasteiger charge is 2.50. The van der Waals surface area contributed by atoms with E-state index in [2.05, 4.69) is 55.2 Å². The summed E-state index contributed by atoms with van der Waals surface area (Å²) < 4.78 is 37.0. The van der Waals surface area contributed by atoms with Crippen molar-refractivity contribution in [2.75, 3.05) is 33.9 Å². The van der Waals surface area contributed by atoms with Crippen LogP contribution >= 0.6 is 11.3 Å². The summed E-state index contributed by atoms with van der Waals surface area (Å²) in [4.78, 5) is 45.6. The maximum atomic E-state index is 15.1. The first-order valence-electron chi connectivity index (χ1n) is 18.5. The molecule has 7 rings (SSSR count). The average Bonchev–Trinajstić information content (AvgIpc) is 3.92. The van der Waals surface area contributed by atoms with E-state index in [0.717, 1.165) is 14.9 Å². The predicted octanol–water partition coefficient (Wildman–Crippen LogP) is 5.00. The van der Waals surface area contributed by atoms with Crippen LogP contribution in [-0.4, -0.2) is 77.2 Å². The van der Waals surface area contributed by atoms with Gasteiger partial charge in [0.15, 0.2) is 0 Å². The zero-order valence-corrected chi connectivity index (χ0v) is 34.1. The summed E-state index contributed by atoms with van der Waals surface area (Å²) in [5, 5.41) is 11.3. The molecule has 1 fully saturated rings. The number of hydrogen-bond donors (Lipinski definition) is 0. The summed E-state index contributed by atoms with van der Waals surface area (Å²) in [5.41, 5.74) is -0.312. The quantitative estimate of drug-likeness (QED) is 0.118. The molecule has 1 aliphatic heterocycles. The minimum atomic E-state index is -2.92. The van der Waals surface area contributed by atoms with Crippen LogP contribution < -0.4 is 26.4 Å². The number of benzene rings is 3. The highest BCUT2D eigenvalue weighted by molar-refractivity contribution is 7.21. The van der Waals surface area contributed by atoms with E-state index in [1.807, 2.05) is 36.4 Å². The third-order valence-corrected chi connectivity index (χ3v) is 16.9. The van der Waals surface area contributed by atoms with Crippen molar-refractivity contribution in [1.82, 2.24) is 29.0 Å². The maximum Gasteiger partial charge on any atom is 0.332 e. The number of methoxy groups -OCH3 is 1. The van der Waals surface area contributed by atoms with E-state index < -0.39 is 37.5 Å². The van der Waals surface area contributed by atoms with Crippen LogP contribution in [0.4, 0.5) is 4.39 Å². The van der Waals surface area contributed by atoms with E-state index in [4.69, 9.17) is 13.9 Å². The van der Waals surface area contributed by atoms with Crippen LogP contribution in [0.1, 0.15) is 50.5 Å². The molecule has 0 spiro atoms. The first-order valence-corrected chi connectivity index (χ1v) is 21.2. The van der Waals surface area contributed by atoms with E-state index in [1.165, 1.54) is 63.3 Å². The largest absolute Gasteiger partial charge is 0.496 e.